The molecule has 2 aromatic rings. The molecule has 2 heterocycles. The van der Waals surface area contributed by atoms with Gasteiger partial charge in [-0.2, -0.15) is 10.2 Å². The van der Waals surface area contributed by atoms with Crippen LogP contribution < -0.4 is 5.32 Å². The zero-order chi connectivity index (χ0) is 16.8. The standard InChI is InChI=1S/C19H18N4O/c1-2-3-11-19(22-23-19)12-9-18(24)21-17-14-20-13-10-16(17)15-7-5-4-6-8-15/h1,4-8,10,13-14H,3,9,11-12H2,(H,21,24). The summed E-state index contributed by atoms with van der Waals surface area (Å²) >= 11 is 0. The van der Waals surface area contributed by atoms with Crippen LogP contribution in [0.4, 0.5) is 5.69 Å². The summed E-state index contributed by atoms with van der Waals surface area (Å²) in [4.78, 5) is 16.4. The van der Waals surface area contributed by atoms with E-state index in [-0.39, 0.29) is 5.91 Å². The van der Waals surface area contributed by atoms with Crippen LogP contribution in [0, 0.1) is 12.3 Å². The van der Waals surface area contributed by atoms with E-state index in [0.29, 0.717) is 31.4 Å². The first-order valence-corrected chi connectivity index (χ1v) is 7.89. The van der Waals surface area contributed by atoms with Crippen molar-refractivity contribution in [2.75, 3.05) is 5.32 Å². The first kappa shape index (κ1) is 15.9. The van der Waals surface area contributed by atoms with Gasteiger partial charge < -0.3 is 5.32 Å². The van der Waals surface area contributed by atoms with E-state index >= 15 is 0 Å². The predicted octanol–water partition coefficient (Wildman–Crippen LogP) is 4.04. The number of hydrogen-bond acceptors (Lipinski definition) is 4. The van der Waals surface area contributed by atoms with Crippen LogP contribution >= 0.6 is 0 Å². The van der Waals surface area contributed by atoms with Crippen LogP contribution in [-0.2, 0) is 4.79 Å². The number of nitrogens with zero attached hydrogens (tertiary/aromatic N) is 3. The normalized spacial score (nSPS) is 14.0. The van der Waals surface area contributed by atoms with Gasteiger partial charge in [0, 0.05) is 37.4 Å². The monoisotopic (exact) mass is 318 g/mol. The number of rotatable bonds is 7. The van der Waals surface area contributed by atoms with Gasteiger partial charge in [0.05, 0.1) is 11.9 Å². The maximum atomic E-state index is 12.3. The highest BCUT2D eigenvalue weighted by Crippen LogP contribution is 2.37. The zero-order valence-electron chi connectivity index (χ0n) is 13.3. The summed E-state index contributed by atoms with van der Waals surface area (Å²) in [5.74, 6) is 2.52. The number of nitrogens with one attached hydrogen (secondary N) is 1. The van der Waals surface area contributed by atoms with Crippen molar-refractivity contribution >= 4 is 11.6 Å². The van der Waals surface area contributed by atoms with E-state index in [1.165, 1.54) is 0 Å². The highest BCUT2D eigenvalue weighted by Gasteiger charge is 2.39. The van der Waals surface area contributed by atoms with Crippen molar-refractivity contribution in [3.05, 3.63) is 48.8 Å². The first-order valence-electron chi connectivity index (χ1n) is 7.89. The summed E-state index contributed by atoms with van der Waals surface area (Å²) in [6.45, 7) is 0. The average molecular weight is 318 g/mol. The molecular formula is C19H18N4O. The molecule has 120 valence electrons. The summed E-state index contributed by atoms with van der Waals surface area (Å²) in [6.07, 6.45) is 10.9. The van der Waals surface area contributed by atoms with E-state index in [1.807, 2.05) is 36.4 Å². The Bertz CT molecular complexity index is 787. The van der Waals surface area contributed by atoms with Crippen LogP contribution in [0.2, 0.25) is 0 Å². The second-order valence-electron chi connectivity index (χ2n) is 5.72. The van der Waals surface area contributed by atoms with Crippen LogP contribution in [0.15, 0.2) is 59.0 Å². The molecule has 24 heavy (non-hydrogen) atoms. The maximum absolute atomic E-state index is 12.3. The maximum Gasteiger partial charge on any atom is 0.224 e. The molecule has 0 atom stereocenters. The Morgan fingerprint density at radius 2 is 1.96 bits per heavy atom. The lowest BCUT2D eigenvalue weighted by Gasteiger charge is -2.12. The number of terminal acetylenes is 1. The van der Waals surface area contributed by atoms with Crippen molar-refractivity contribution < 1.29 is 4.79 Å². The van der Waals surface area contributed by atoms with Crippen LogP contribution in [0.5, 0.6) is 0 Å². The van der Waals surface area contributed by atoms with E-state index in [1.54, 1.807) is 12.4 Å². The number of anilines is 1. The minimum atomic E-state index is -0.430. The predicted molar refractivity (Wildman–Crippen MR) is 93.2 cm³/mol. The van der Waals surface area contributed by atoms with Crippen molar-refractivity contribution in [1.29, 1.82) is 0 Å². The summed E-state index contributed by atoms with van der Waals surface area (Å²) < 4.78 is 0. The highest BCUT2D eigenvalue weighted by molar-refractivity contribution is 5.95. The van der Waals surface area contributed by atoms with Gasteiger partial charge in [-0.1, -0.05) is 30.3 Å². The van der Waals surface area contributed by atoms with E-state index in [0.717, 1.165) is 11.1 Å². The van der Waals surface area contributed by atoms with E-state index < -0.39 is 5.66 Å². The molecule has 1 aromatic heterocycles. The molecule has 0 bridgehead atoms. The number of aromatic nitrogens is 1. The fourth-order valence-corrected chi connectivity index (χ4v) is 2.56. The SMILES string of the molecule is C#CCCC1(CCC(=O)Nc2cnccc2-c2ccccc2)N=N1. The number of hydrogen-bond donors (Lipinski definition) is 1. The molecule has 0 saturated carbocycles. The fourth-order valence-electron chi connectivity index (χ4n) is 2.56. The molecule has 1 aliphatic heterocycles. The van der Waals surface area contributed by atoms with Gasteiger partial charge in [-0.05, 0) is 11.6 Å². The van der Waals surface area contributed by atoms with Crippen LogP contribution in [0.3, 0.4) is 0 Å². The molecule has 1 aromatic carbocycles. The summed E-state index contributed by atoms with van der Waals surface area (Å²) in [5, 5.41) is 11.0. The lowest BCUT2D eigenvalue weighted by molar-refractivity contribution is -0.116. The molecule has 0 fully saturated rings. The zero-order valence-corrected chi connectivity index (χ0v) is 13.3. The quantitative estimate of drug-likeness (QED) is 0.783. The lowest BCUT2D eigenvalue weighted by Crippen LogP contribution is -2.18. The third-order valence-corrected chi connectivity index (χ3v) is 3.98. The molecule has 3 rings (SSSR count). The Labute approximate surface area is 141 Å². The number of pyridine rings is 1. The topological polar surface area (TPSA) is 66.7 Å². The number of carbonyl (C=O) groups is 1. The summed E-state index contributed by atoms with van der Waals surface area (Å²) in [5.41, 5.74) is 2.26. The van der Waals surface area contributed by atoms with Gasteiger partial charge in [-0.3, -0.25) is 9.78 Å². The van der Waals surface area contributed by atoms with Gasteiger partial charge in [-0.15, -0.1) is 12.3 Å². The van der Waals surface area contributed by atoms with Gasteiger partial charge in [0.2, 0.25) is 5.91 Å². The molecule has 0 aliphatic carbocycles. The molecule has 5 nitrogen and oxygen atoms in total. The largest absolute Gasteiger partial charge is 0.324 e. The Balaban J connectivity index is 1.62. The van der Waals surface area contributed by atoms with Gasteiger partial charge in [0.25, 0.3) is 0 Å². The van der Waals surface area contributed by atoms with Gasteiger partial charge in [-0.25, -0.2) is 0 Å². The fraction of sp³-hybridized carbons (Fsp3) is 0.263. The molecule has 5 heteroatoms. The Kier molecular flexibility index (Phi) is 4.66. The third kappa shape index (κ3) is 3.85. The second-order valence-corrected chi connectivity index (χ2v) is 5.72. The van der Waals surface area contributed by atoms with Crippen LogP contribution in [-0.4, -0.2) is 16.6 Å². The summed E-state index contributed by atoms with van der Waals surface area (Å²) in [6, 6.07) is 11.8. The van der Waals surface area contributed by atoms with Gasteiger partial charge in [0.1, 0.15) is 0 Å². The molecule has 1 aliphatic rings. The van der Waals surface area contributed by atoms with E-state index in [4.69, 9.17) is 6.42 Å². The third-order valence-electron chi connectivity index (χ3n) is 3.98. The van der Waals surface area contributed by atoms with E-state index in [2.05, 4.69) is 26.4 Å². The second kappa shape index (κ2) is 7.05. The number of amides is 1. The average Bonchev–Trinajstić information content (AvgIpc) is 3.40. The molecule has 0 radical (unpaired) electrons. The van der Waals surface area contributed by atoms with Gasteiger partial charge >= 0.3 is 0 Å². The van der Waals surface area contributed by atoms with Crippen LogP contribution in [0.1, 0.15) is 25.7 Å². The minimum Gasteiger partial charge on any atom is -0.324 e. The van der Waals surface area contributed by atoms with Crippen molar-refractivity contribution in [3.8, 4) is 23.5 Å². The Morgan fingerprint density at radius 3 is 2.67 bits per heavy atom. The van der Waals surface area contributed by atoms with Crippen molar-refractivity contribution in [2.45, 2.75) is 31.3 Å². The van der Waals surface area contributed by atoms with Crippen molar-refractivity contribution in [3.63, 3.8) is 0 Å². The first-order chi connectivity index (χ1) is 11.7. The minimum absolute atomic E-state index is 0.0717. The highest BCUT2D eigenvalue weighted by atomic mass is 16.1. The molecule has 1 amide bonds. The number of benzene rings is 1. The lowest BCUT2D eigenvalue weighted by atomic mass is 10.0. The smallest absolute Gasteiger partial charge is 0.224 e. The van der Waals surface area contributed by atoms with Crippen molar-refractivity contribution in [2.24, 2.45) is 10.2 Å². The van der Waals surface area contributed by atoms with Crippen LogP contribution in [0.25, 0.3) is 11.1 Å². The molecular weight excluding hydrogens is 300 g/mol. The Hall–Kier alpha value is -3.00. The van der Waals surface area contributed by atoms with Crippen molar-refractivity contribution in [1.82, 2.24) is 4.98 Å². The van der Waals surface area contributed by atoms with Gasteiger partial charge in [0.15, 0.2) is 5.66 Å². The molecule has 0 saturated heterocycles. The molecule has 1 N–H and O–H groups in total. The summed E-state index contributed by atoms with van der Waals surface area (Å²) in [7, 11) is 0. The Morgan fingerprint density at radius 1 is 1.17 bits per heavy atom. The molecule has 0 unspecified atom stereocenters. The number of carbonyl (C=O) groups excluding carboxylic acids is 1. The molecule has 0 spiro atoms. The van der Waals surface area contributed by atoms with E-state index in [9.17, 15) is 4.79 Å².